The van der Waals surface area contributed by atoms with Crippen LogP contribution in [0.4, 0.5) is 4.79 Å². The number of esters is 1. The average molecular weight is 290 g/mol. The summed E-state index contributed by atoms with van der Waals surface area (Å²) in [6.45, 7) is 3.14. The molecule has 0 aliphatic heterocycles. The first-order chi connectivity index (χ1) is 9.27. The predicted molar refractivity (Wildman–Crippen MR) is 66.1 cm³/mol. The molecular weight excluding hydrogens is 272 g/mol. The van der Waals surface area contributed by atoms with Crippen molar-refractivity contribution in [2.24, 2.45) is 0 Å². The van der Waals surface area contributed by atoms with Gasteiger partial charge in [-0.3, -0.25) is 4.79 Å². The van der Waals surface area contributed by atoms with Gasteiger partial charge in [0, 0.05) is 6.42 Å². The van der Waals surface area contributed by atoms with Crippen LogP contribution < -0.4 is 10.6 Å². The fourth-order valence-corrected chi connectivity index (χ4v) is 1.25. The molecule has 0 rings (SSSR count). The molecule has 0 saturated heterocycles. The van der Waals surface area contributed by atoms with Gasteiger partial charge in [0.2, 0.25) is 0 Å². The largest absolute Gasteiger partial charge is 0.481 e. The normalized spacial score (nSPS) is 12.9. The Kier molecular flexibility index (Phi) is 7.71. The Labute approximate surface area is 115 Å². The molecule has 9 heteroatoms. The number of carboxylic acids is 2. The van der Waals surface area contributed by atoms with Gasteiger partial charge in [-0.15, -0.1) is 0 Å². The summed E-state index contributed by atoms with van der Waals surface area (Å²) >= 11 is 0. The number of hydrogen-bond acceptors (Lipinski definition) is 5. The molecule has 2 atom stereocenters. The Hall–Kier alpha value is -2.32. The minimum atomic E-state index is -1.36. The molecule has 0 aromatic rings. The van der Waals surface area contributed by atoms with Crippen molar-refractivity contribution in [2.45, 2.75) is 38.8 Å². The fourth-order valence-electron chi connectivity index (χ4n) is 1.25. The Morgan fingerprint density at radius 3 is 2.20 bits per heavy atom. The fraction of sp³-hybridized carbons (Fsp3) is 0.636. The lowest BCUT2D eigenvalue weighted by Crippen LogP contribution is -2.50. The number of nitrogens with one attached hydrogen (secondary N) is 2. The third-order valence-corrected chi connectivity index (χ3v) is 2.24. The molecule has 0 bridgehead atoms. The lowest BCUT2D eigenvalue weighted by Gasteiger charge is -2.17. The van der Waals surface area contributed by atoms with Crippen molar-refractivity contribution in [3.63, 3.8) is 0 Å². The summed E-state index contributed by atoms with van der Waals surface area (Å²) in [5, 5.41) is 21.6. The van der Waals surface area contributed by atoms with Gasteiger partial charge in [0.05, 0.1) is 6.61 Å². The highest BCUT2D eigenvalue weighted by atomic mass is 16.5. The number of amides is 2. The summed E-state index contributed by atoms with van der Waals surface area (Å²) in [5.74, 6) is -3.18. The van der Waals surface area contributed by atoms with Gasteiger partial charge < -0.3 is 25.6 Å². The summed E-state index contributed by atoms with van der Waals surface area (Å²) in [4.78, 5) is 43.9. The second-order valence-electron chi connectivity index (χ2n) is 3.91. The summed E-state index contributed by atoms with van der Waals surface area (Å²) in [7, 11) is 0. The maximum absolute atomic E-state index is 11.5. The van der Waals surface area contributed by atoms with Crippen LogP contribution in [-0.4, -0.2) is 52.8 Å². The number of rotatable bonds is 8. The number of carbonyl (C=O) groups is 4. The molecule has 0 saturated carbocycles. The molecule has 0 fully saturated rings. The van der Waals surface area contributed by atoms with Gasteiger partial charge in [-0.1, -0.05) is 0 Å². The van der Waals surface area contributed by atoms with Crippen LogP contribution in [0, 0.1) is 0 Å². The van der Waals surface area contributed by atoms with Crippen LogP contribution in [0.5, 0.6) is 0 Å². The molecule has 0 aliphatic carbocycles. The number of ether oxygens (including phenoxy) is 1. The SMILES string of the molecule is CCOC(=O)C(C)NC(=O)N[C@@H](CCC(=O)O)C(=O)O. The van der Waals surface area contributed by atoms with Gasteiger partial charge in [0.1, 0.15) is 12.1 Å². The van der Waals surface area contributed by atoms with Crippen molar-refractivity contribution >= 4 is 23.9 Å². The van der Waals surface area contributed by atoms with E-state index in [1.54, 1.807) is 6.92 Å². The van der Waals surface area contributed by atoms with E-state index in [1.165, 1.54) is 6.92 Å². The minimum Gasteiger partial charge on any atom is -0.481 e. The van der Waals surface area contributed by atoms with E-state index >= 15 is 0 Å². The van der Waals surface area contributed by atoms with E-state index in [-0.39, 0.29) is 13.0 Å². The molecule has 9 nitrogen and oxygen atoms in total. The van der Waals surface area contributed by atoms with E-state index in [0.717, 1.165) is 0 Å². The van der Waals surface area contributed by atoms with Crippen LogP contribution in [0.3, 0.4) is 0 Å². The number of aliphatic carboxylic acids is 2. The molecule has 20 heavy (non-hydrogen) atoms. The maximum atomic E-state index is 11.5. The van der Waals surface area contributed by atoms with Crippen LogP contribution in [-0.2, 0) is 19.1 Å². The zero-order valence-electron chi connectivity index (χ0n) is 11.2. The summed E-state index contributed by atoms with van der Waals surface area (Å²) < 4.78 is 4.66. The second-order valence-corrected chi connectivity index (χ2v) is 3.91. The Morgan fingerprint density at radius 2 is 1.75 bits per heavy atom. The molecule has 1 unspecified atom stereocenters. The summed E-state index contributed by atoms with van der Waals surface area (Å²) in [5.41, 5.74) is 0. The Balaban J connectivity index is 4.35. The van der Waals surface area contributed by atoms with Crippen molar-refractivity contribution < 1.29 is 34.1 Å². The molecule has 0 aliphatic rings. The number of carbonyl (C=O) groups excluding carboxylic acids is 2. The maximum Gasteiger partial charge on any atom is 0.328 e. The highest BCUT2D eigenvalue weighted by Gasteiger charge is 2.23. The van der Waals surface area contributed by atoms with Crippen LogP contribution >= 0.6 is 0 Å². The number of carboxylic acid groups (broad SMARTS) is 2. The number of urea groups is 1. The number of hydrogen-bond donors (Lipinski definition) is 4. The molecule has 0 radical (unpaired) electrons. The van der Waals surface area contributed by atoms with Crippen LogP contribution in [0.25, 0.3) is 0 Å². The Bertz CT molecular complexity index is 383. The standard InChI is InChI=1S/C11H18N2O7/c1-3-20-10(18)6(2)12-11(19)13-7(9(16)17)4-5-8(14)15/h6-7H,3-5H2,1-2H3,(H,14,15)(H,16,17)(H2,12,13,19)/t6?,7-/m0/s1. The Morgan fingerprint density at radius 1 is 1.15 bits per heavy atom. The highest BCUT2D eigenvalue weighted by molar-refractivity contribution is 5.86. The van der Waals surface area contributed by atoms with Gasteiger partial charge in [-0.25, -0.2) is 14.4 Å². The molecular formula is C11H18N2O7. The molecule has 0 heterocycles. The molecule has 0 aromatic carbocycles. The quantitative estimate of drug-likeness (QED) is 0.444. The van der Waals surface area contributed by atoms with Crippen molar-refractivity contribution in [3.8, 4) is 0 Å². The first-order valence-corrected chi connectivity index (χ1v) is 5.96. The molecule has 0 spiro atoms. The second kappa shape index (κ2) is 8.73. The minimum absolute atomic E-state index is 0.156. The van der Waals surface area contributed by atoms with Gasteiger partial charge in [-0.2, -0.15) is 0 Å². The lowest BCUT2D eigenvalue weighted by molar-refractivity contribution is -0.145. The first-order valence-electron chi connectivity index (χ1n) is 5.96. The molecule has 4 N–H and O–H groups in total. The van der Waals surface area contributed by atoms with Crippen molar-refractivity contribution in [2.75, 3.05) is 6.61 Å². The molecule has 0 aromatic heterocycles. The van der Waals surface area contributed by atoms with E-state index < -0.39 is 42.4 Å². The van der Waals surface area contributed by atoms with E-state index in [9.17, 15) is 19.2 Å². The third kappa shape index (κ3) is 7.19. The lowest BCUT2D eigenvalue weighted by atomic mass is 10.1. The smallest absolute Gasteiger partial charge is 0.328 e. The van der Waals surface area contributed by atoms with Gasteiger partial charge in [0.15, 0.2) is 0 Å². The van der Waals surface area contributed by atoms with Crippen molar-refractivity contribution in [1.29, 1.82) is 0 Å². The van der Waals surface area contributed by atoms with Crippen LogP contribution in [0.1, 0.15) is 26.7 Å². The van der Waals surface area contributed by atoms with E-state index in [0.29, 0.717) is 0 Å². The molecule has 2 amide bonds. The monoisotopic (exact) mass is 290 g/mol. The highest BCUT2D eigenvalue weighted by Crippen LogP contribution is 1.98. The first kappa shape index (κ1) is 17.7. The zero-order chi connectivity index (χ0) is 15.7. The van der Waals surface area contributed by atoms with Crippen molar-refractivity contribution in [3.05, 3.63) is 0 Å². The van der Waals surface area contributed by atoms with Gasteiger partial charge >= 0.3 is 23.9 Å². The van der Waals surface area contributed by atoms with E-state index in [2.05, 4.69) is 15.4 Å². The molecule has 114 valence electrons. The van der Waals surface area contributed by atoms with E-state index in [1.807, 2.05) is 0 Å². The van der Waals surface area contributed by atoms with E-state index in [4.69, 9.17) is 10.2 Å². The summed E-state index contributed by atoms with van der Waals surface area (Å²) in [6, 6.07) is -3.17. The average Bonchev–Trinajstić information content (AvgIpc) is 2.33. The van der Waals surface area contributed by atoms with Gasteiger partial charge in [-0.05, 0) is 20.3 Å². The zero-order valence-corrected chi connectivity index (χ0v) is 11.2. The van der Waals surface area contributed by atoms with Crippen LogP contribution in [0.15, 0.2) is 0 Å². The van der Waals surface area contributed by atoms with Gasteiger partial charge in [0.25, 0.3) is 0 Å². The van der Waals surface area contributed by atoms with Crippen molar-refractivity contribution in [1.82, 2.24) is 10.6 Å². The topological polar surface area (TPSA) is 142 Å². The summed E-state index contributed by atoms with van der Waals surface area (Å²) in [6.07, 6.45) is -0.656. The van der Waals surface area contributed by atoms with Crippen LogP contribution in [0.2, 0.25) is 0 Å². The third-order valence-electron chi connectivity index (χ3n) is 2.24. The predicted octanol–water partition coefficient (Wildman–Crippen LogP) is -0.445.